The lowest BCUT2D eigenvalue weighted by Gasteiger charge is -2.29. The first kappa shape index (κ1) is 33.5. The number of carbonyl (C=O) groups excluding carboxylic acids is 1. The zero-order valence-corrected chi connectivity index (χ0v) is 28.1. The second kappa shape index (κ2) is 14.3. The third kappa shape index (κ3) is 6.68. The number of likely N-dealkylation sites (N-methyl/N-ethyl adjacent to an activating group) is 1. The summed E-state index contributed by atoms with van der Waals surface area (Å²) in [4.78, 5) is 46.3. The van der Waals surface area contributed by atoms with Gasteiger partial charge in [-0.3, -0.25) is 14.2 Å². The molecular formula is C35H34ClN3O7S. The maximum absolute atomic E-state index is 14.2. The van der Waals surface area contributed by atoms with Crippen molar-refractivity contribution in [3.63, 3.8) is 0 Å². The number of hydrogen-bond donors (Lipinski definition) is 1. The lowest BCUT2D eigenvalue weighted by molar-refractivity contribution is -0.127. The van der Waals surface area contributed by atoms with Gasteiger partial charge in [0.2, 0.25) is 0 Å². The number of methoxy groups -OCH3 is 2. The van der Waals surface area contributed by atoms with Gasteiger partial charge in [0.1, 0.15) is 18.4 Å². The van der Waals surface area contributed by atoms with Gasteiger partial charge in [0, 0.05) is 18.7 Å². The molecule has 12 heteroatoms. The molecule has 10 nitrogen and oxygen atoms in total. The molecule has 5 rings (SSSR count). The van der Waals surface area contributed by atoms with Crippen molar-refractivity contribution >= 4 is 40.9 Å². The van der Waals surface area contributed by atoms with E-state index in [0.717, 1.165) is 0 Å². The summed E-state index contributed by atoms with van der Waals surface area (Å²) in [5.41, 5.74) is 2.67. The van der Waals surface area contributed by atoms with Crippen LogP contribution in [-0.4, -0.2) is 53.8 Å². The lowest BCUT2D eigenvalue weighted by Crippen LogP contribution is -2.43. The van der Waals surface area contributed by atoms with E-state index < -0.39 is 12.0 Å². The molecule has 1 atom stereocenters. The van der Waals surface area contributed by atoms with Gasteiger partial charge in [-0.25, -0.2) is 9.79 Å². The Kier molecular flexibility index (Phi) is 10.2. The Hall–Kier alpha value is -4.87. The van der Waals surface area contributed by atoms with E-state index in [0.29, 0.717) is 61.9 Å². The maximum atomic E-state index is 14.2. The summed E-state index contributed by atoms with van der Waals surface area (Å²) in [6.45, 7) is 6.69. The molecule has 0 unspecified atom stereocenters. The fourth-order valence-electron chi connectivity index (χ4n) is 5.53. The molecule has 1 amide bonds. The summed E-state index contributed by atoms with van der Waals surface area (Å²) < 4.78 is 19.1. The van der Waals surface area contributed by atoms with Gasteiger partial charge in [0.05, 0.1) is 40.6 Å². The van der Waals surface area contributed by atoms with Gasteiger partial charge in [-0.05, 0) is 68.3 Å². The van der Waals surface area contributed by atoms with Gasteiger partial charge in [-0.15, -0.1) is 0 Å². The van der Waals surface area contributed by atoms with E-state index in [2.05, 4.69) is 0 Å². The van der Waals surface area contributed by atoms with E-state index in [4.69, 9.17) is 30.8 Å². The van der Waals surface area contributed by atoms with Gasteiger partial charge >= 0.3 is 5.97 Å². The lowest BCUT2D eigenvalue weighted by atomic mass is 9.94. The van der Waals surface area contributed by atoms with E-state index in [-0.39, 0.29) is 34.4 Å². The Morgan fingerprint density at radius 3 is 2.45 bits per heavy atom. The molecule has 0 spiro atoms. The fraction of sp³-hybridized carbons (Fsp3) is 0.257. The first-order valence-electron chi connectivity index (χ1n) is 14.9. The molecule has 0 saturated heterocycles. The van der Waals surface area contributed by atoms with Gasteiger partial charge < -0.3 is 24.2 Å². The van der Waals surface area contributed by atoms with Crippen molar-refractivity contribution in [3.05, 3.63) is 119 Å². The molecular weight excluding hydrogens is 642 g/mol. The summed E-state index contributed by atoms with van der Waals surface area (Å²) >= 11 is 7.86. The molecule has 4 aromatic rings. The minimum absolute atomic E-state index is 0.0615. The largest absolute Gasteiger partial charge is 0.496 e. The van der Waals surface area contributed by atoms with Gasteiger partial charge in [-0.1, -0.05) is 53.3 Å². The zero-order chi connectivity index (χ0) is 33.8. The molecule has 0 aliphatic carbocycles. The number of fused-ring (bicyclic) bond motifs is 1. The van der Waals surface area contributed by atoms with Crippen LogP contribution < -0.4 is 29.1 Å². The standard InChI is InChI=1S/C35H34ClN3O7S/c1-6-38(7-2)33(41)29-20(3)37-35-39(30(29)24-13-8-9-14-26(24)44-4)32(40)28(47-35)18-22-16-25(36)31(27(17-22)45-5)46-19-21-11-10-12-23(15-21)34(42)43/h8-18,30H,6-7,19H2,1-5H3,(H,42,43)/b28-18+/t30-/m1/s1. The minimum Gasteiger partial charge on any atom is -0.496 e. The third-order valence-electron chi connectivity index (χ3n) is 7.84. The Balaban J connectivity index is 1.59. The van der Waals surface area contributed by atoms with Crippen molar-refractivity contribution in [1.82, 2.24) is 9.47 Å². The molecule has 0 fully saturated rings. The molecule has 3 aromatic carbocycles. The Morgan fingerprint density at radius 1 is 1.04 bits per heavy atom. The first-order chi connectivity index (χ1) is 22.6. The van der Waals surface area contributed by atoms with Crippen molar-refractivity contribution in [2.24, 2.45) is 4.99 Å². The Morgan fingerprint density at radius 2 is 1.77 bits per heavy atom. The predicted octanol–water partition coefficient (Wildman–Crippen LogP) is 5.05. The highest BCUT2D eigenvalue weighted by Crippen LogP contribution is 2.38. The van der Waals surface area contributed by atoms with Crippen molar-refractivity contribution in [3.8, 4) is 17.2 Å². The molecule has 2 heterocycles. The number of aromatic carboxylic acids is 1. The normalized spacial score (nSPS) is 14.3. The van der Waals surface area contributed by atoms with Crippen molar-refractivity contribution < 1.29 is 28.9 Å². The van der Waals surface area contributed by atoms with Crippen LogP contribution in [0.4, 0.5) is 0 Å². The number of carboxylic acid groups (broad SMARTS) is 1. The van der Waals surface area contributed by atoms with Crippen LogP contribution in [0.2, 0.25) is 5.02 Å². The third-order valence-corrected chi connectivity index (χ3v) is 9.11. The van der Waals surface area contributed by atoms with E-state index in [1.54, 1.807) is 59.9 Å². The Bertz CT molecular complexity index is 2060. The molecule has 47 heavy (non-hydrogen) atoms. The van der Waals surface area contributed by atoms with Crippen LogP contribution in [-0.2, 0) is 11.4 Å². The minimum atomic E-state index is -1.03. The number of hydrogen-bond acceptors (Lipinski definition) is 8. The van der Waals surface area contributed by atoms with Gasteiger partial charge in [0.25, 0.3) is 11.5 Å². The van der Waals surface area contributed by atoms with Gasteiger partial charge in [-0.2, -0.15) is 0 Å². The monoisotopic (exact) mass is 675 g/mol. The smallest absolute Gasteiger partial charge is 0.335 e. The van der Waals surface area contributed by atoms with E-state index in [1.165, 1.54) is 30.6 Å². The number of ether oxygens (including phenoxy) is 3. The zero-order valence-electron chi connectivity index (χ0n) is 26.6. The number of carboxylic acids is 1. The molecule has 1 aliphatic heterocycles. The van der Waals surface area contributed by atoms with E-state index >= 15 is 0 Å². The van der Waals surface area contributed by atoms with E-state index in [9.17, 15) is 19.5 Å². The summed E-state index contributed by atoms with van der Waals surface area (Å²) in [7, 11) is 3.04. The molecule has 1 aliphatic rings. The van der Waals surface area contributed by atoms with Crippen LogP contribution in [0.15, 0.2) is 81.7 Å². The first-order valence-corrected chi connectivity index (χ1v) is 16.1. The van der Waals surface area contributed by atoms with Crippen LogP contribution in [0.5, 0.6) is 17.2 Å². The highest BCUT2D eigenvalue weighted by Gasteiger charge is 2.35. The van der Waals surface area contributed by atoms with Crippen molar-refractivity contribution in [2.75, 3.05) is 27.3 Å². The molecule has 0 saturated carbocycles. The number of nitrogens with zero attached hydrogens (tertiary/aromatic N) is 3. The second-order valence-electron chi connectivity index (χ2n) is 10.6. The number of aromatic nitrogens is 1. The van der Waals surface area contributed by atoms with Crippen LogP contribution in [0.3, 0.4) is 0 Å². The maximum Gasteiger partial charge on any atom is 0.335 e. The van der Waals surface area contributed by atoms with Crippen LogP contribution in [0.1, 0.15) is 53.9 Å². The summed E-state index contributed by atoms with van der Waals surface area (Å²) in [5.74, 6) is -0.0644. The van der Waals surface area contributed by atoms with E-state index in [1.807, 2.05) is 32.0 Å². The average Bonchev–Trinajstić information content (AvgIpc) is 3.37. The quantitative estimate of drug-likeness (QED) is 0.236. The summed E-state index contributed by atoms with van der Waals surface area (Å²) in [6.07, 6.45) is 1.70. The van der Waals surface area contributed by atoms with Crippen LogP contribution >= 0.6 is 22.9 Å². The van der Waals surface area contributed by atoms with Crippen molar-refractivity contribution in [2.45, 2.75) is 33.4 Å². The topological polar surface area (TPSA) is 120 Å². The molecule has 244 valence electrons. The summed E-state index contributed by atoms with van der Waals surface area (Å²) in [5, 5.41) is 9.54. The number of amides is 1. The number of halogens is 1. The molecule has 1 N–H and O–H groups in total. The number of carbonyl (C=O) groups is 2. The van der Waals surface area contributed by atoms with Gasteiger partial charge in [0.15, 0.2) is 16.3 Å². The van der Waals surface area contributed by atoms with Crippen LogP contribution in [0.25, 0.3) is 6.08 Å². The number of rotatable bonds is 11. The predicted molar refractivity (Wildman–Crippen MR) is 180 cm³/mol. The number of benzene rings is 3. The Labute approximate surface area is 280 Å². The average molecular weight is 676 g/mol. The second-order valence-corrected chi connectivity index (χ2v) is 12.0. The SMILES string of the molecule is CCN(CC)C(=O)C1=C(C)N=c2s/c(=C/c3cc(Cl)c(OCc4cccc(C(=O)O)c4)c(OC)c3)c(=O)n2[C@@H]1c1ccccc1OC. The fourth-order valence-corrected chi connectivity index (χ4v) is 6.85. The summed E-state index contributed by atoms with van der Waals surface area (Å²) in [6, 6.07) is 16.4. The number of thiazole rings is 1. The molecule has 0 radical (unpaired) electrons. The number of para-hydroxylation sites is 1. The van der Waals surface area contributed by atoms with Crippen LogP contribution in [0, 0.1) is 0 Å². The van der Waals surface area contributed by atoms with Crippen molar-refractivity contribution in [1.29, 1.82) is 0 Å². The highest BCUT2D eigenvalue weighted by atomic mass is 35.5. The number of allylic oxidation sites excluding steroid dienone is 1. The highest BCUT2D eigenvalue weighted by molar-refractivity contribution is 7.07. The molecule has 0 bridgehead atoms. The molecule has 1 aromatic heterocycles.